The van der Waals surface area contributed by atoms with Crippen LogP contribution in [-0.4, -0.2) is 58.7 Å². The number of thiazole rings is 1. The number of urea groups is 1. The van der Waals surface area contributed by atoms with E-state index >= 15 is 0 Å². The van der Waals surface area contributed by atoms with E-state index in [1.807, 2.05) is 39.0 Å². The van der Waals surface area contributed by atoms with Gasteiger partial charge >= 0.3 is 12.1 Å². The zero-order valence-corrected chi connectivity index (χ0v) is 17.3. The van der Waals surface area contributed by atoms with Gasteiger partial charge in [-0.2, -0.15) is 0 Å². The Morgan fingerprint density at radius 1 is 1.19 bits per heavy atom. The number of piperazine rings is 1. The van der Waals surface area contributed by atoms with Gasteiger partial charge in [0.1, 0.15) is 5.60 Å². The van der Waals surface area contributed by atoms with Crippen LogP contribution < -0.4 is 5.32 Å². The molecule has 2 aromatic rings. The molecule has 1 aromatic heterocycles. The molecule has 0 atom stereocenters. The summed E-state index contributed by atoms with van der Waals surface area (Å²) in [5, 5.41) is 3.41. The van der Waals surface area contributed by atoms with E-state index in [0.717, 1.165) is 14.7 Å². The lowest BCUT2D eigenvalue weighted by Crippen LogP contribution is -2.52. The fourth-order valence-electron chi connectivity index (χ4n) is 2.54. The molecule has 1 N–H and O–H groups in total. The molecule has 1 aromatic carbocycles. The van der Waals surface area contributed by atoms with E-state index in [1.165, 1.54) is 11.3 Å². The van der Waals surface area contributed by atoms with Gasteiger partial charge in [0.25, 0.3) is 0 Å². The van der Waals surface area contributed by atoms with Crippen molar-refractivity contribution < 1.29 is 14.3 Å². The molecule has 0 radical (unpaired) electrons. The van der Waals surface area contributed by atoms with Gasteiger partial charge in [0.2, 0.25) is 0 Å². The highest BCUT2D eigenvalue weighted by Crippen LogP contribution is 2.28. The molecule has 3 amide bonds. The summed E-state index contributed by atoms with van der Waals surface area (Å²) in [6.07, 6.45) is -0.339. The van der Waals surface area contributed by atoms with Gasteiger partial charge in [-0.05, 0) is 39.0 Å². The van der Waals surface area contributed by atoms with Crippen molar-refractivity contribution in [1.82, 2.24) is 14.8 Å². The highest BCUT2D eigenvalue weighted by molar-refractivity contribution is 9.10. The predicted molar refractivity (Wildman–Crippen MR) is 106 cm³/mol. The number of carbonyl (C=O) groups excluding carboxylic acids is 2. The number of nitrogens with one attached hydrogen (secondary N) is 1. The van der Waals surface area contributed by atoms with Crippen LogP contribution >= 0.6 is 27.3 Å². The molecular weight excluding hydrogens is 420 g/mol. The van der Waals surface area contributed by atoms with Crippen LogP contribution in [0, 0.1) is 0 Å². The first-order chi connectivity index (χ1) is 12.2. The molecule has 3 rings (SSSR count). The van der Waals surface area contributed by atoms with Crippen molar-refractivity contribution in [3.05, 3.63) is 22.7 Å². The minimum Gasteiger partial charge on any atom is -0.444 e. The second-order valence-electron chi connectivity index (χ2n) is 7.02. The number of fused-ring (bicyclic) bond motifs is 1. The summed E-state index contributed by atoms with van der Waals surface area (Å²) in [5.74, 6) is 0. The maximum Gasteiger partial charge on any atom is 0.410 e. The molecule has 1 aliphatic heterocycles. The number of amides is 3. The molecule has 0 saturated carbocycles. The van der Waals surface area contributed by atoms with Gasteiger partial charge < -0.3 is 14.5 Å². The summed E-state index contributed by atoms with van der Waals surface area (Å²) in [5.41, 5.74) is 0.330. The molecule has 7 nitrogen and oxygen atoms in total. The van der Waals surface area contributed by atoms with Crippen LogP contribution in [0.1, 0.15) is 20.8 Å². The second kappa shape index (κ2) is 7.40. The fourth-order valence-corrected chi connectivity index (χ4v) is 3.95. The van der Waals surface area contributed by atoms with E-state index in [1.54, 1.807) is 9.80 Å². The van der Waals surface area contributed by atoms with E-state index < -0.39 is 5.60 Å². The molecule has 140 valence electrons. The maximum atomic E-state index is 12.5. The van der Waals surface area contributed by atoms with Gasteiger partial charge in [-0.1, -0.05) is 27.3 Å². The van der Waals surface area contributed by atoms with Gasteiger partial charge in [-0.25, -0.2) is 14.6 Å². The van der Waals surface area contributed by atoms with Crippen LogP contribution in [0.25, 0.3) is 10.2 Å². The van der Waals surface area contributed by atoms with Crippen molar-refractivity contribution in [1.29, 1.82) is 0 Å². The highest BCUT2D eigenvalue weighted by atomic mass is 79.9. The van der Waals surface area contributed by atoms with Crippen molar-refractivity contribution in [2.45, 2.75) is 26.4 Å². The molecule has 1 aliphatic rings. The quantitative estimate of drug-likeness (QED) is 0.722. The third-order valence-corrected chi connectivity index (χ3v) is 5.21. The van der Waals surface area contributed by atoms with Gasteiger partial charge in [-0.3, -0.25) is 5.32 Å². The number of nitrogens with zero attached hydrogens (tertiary/aromatic N) is 3. The van der Waals surface area contributed by atoms with Crippen molar-refractivity contribution in [2.75, 3.05) is 31.5 Å². The van der Waals surface area contributed by atoms with Crippen molar-refractivity contribution in [2.24, 2.45) is 0 Å². The van der Waals surface area contributed by atoms with Gasteiger partial charge in [-0.15, -0.1) is 0 Å². The Balaban J connectivity index is 1.55. The summed E-state index contributed by atoms with van der Waals surface area (Å²) in [7, 11) is 0. The molecule has 0 spiro atoms. The number of hydrogen-bond acceptors (Lipinski definition) is 5. The number of carbonyl (C=O) groups is 2. The minimum absolute atomic E-state index is 0.202. The van der Waals surface area contributed by atoms with Gasteiger partial charge in [0.05, 0.1) is 10.2 Å². The zero-order chi connectivity index (χ0) is 18.9. The minimum atomic E-state index is -0.520. The van der Waals surface area contributed by atoms with Crippen LogP contribution in [0.3, 0.4) is 0 Å². The Morgan fingerprint density at radius 2 is 1.85 bits per heavy atom. The Kier molecular flexibility index (Phi) is 5.38. The maximum absolute atomic E-state index is 12.5. The summed E-state index contributed by atoms with van der Waals surface area (Å²) in [6.45, 7) is 7.34. The van der Waals surface area contributed by atoms with E-state index in [0.29, 0.717) is 31.3 Å². The Morgan fingerprint density at radius 3 is 2.50 bits per heavy atom. The summed E-state index contributed by atoms with van der Waals surface area (Å²) < 4.78 is 7.35. The first-order valence-electron chi connectivity index (χ1n) is 8.31. The fraction of sp³-hybridized carbons (Fsp3) is 0.471. The van der Waals surface area contributed by atoms with Gasteiger partial charge in [0.15, 0.2) is 5.13 Å². The predicted octanol–water partition coefficient (Wildman–Crippen LogP) is 4.14. The number of benzene rings is 1. The molecular formula is C17H21BrN4O3S. The highest BCUT2D eigenvalue weighted by Gasteiger charge is 2.28. The van der Waals surface area contributed by atoms with Crippen LogP contribution in [0.15, 0.2) is 22.7 Å². The van der Waals surface area contributed by atoms with Crippen LogP contribution in [0.2, 0.25) is 0 Å². The Labute approximate surface area is 164 Å². The lowest BCUT2D eigenvalue weighted by atomic mass is 10.2. The Hall–Kier alpha value is -1.87. The molecule has 9 heteroatoms. The lowest BCUT2D eigenvalue weighted by Gasteiger charge is -2.35. The first kappa shape index (κ1) is 18.9. The van der Waals surface area contributed by atoms with Crippen molar-refractivity contribution in [3.63, 3.8) is 0 Å². The van der Waals surface area contributed by atoms with E-state index in [4.69, 9.17) is 4.74 Å². The summed E-state index contributed by atoms with van der Waals surface area (Å²) in [6, 6.07) is 5.60. The molecule has 0 aliphatic carbocycles. The molecule has 2 heterocycles. The van der Waals surface area contributed by atoms with E-state index in [2.05, 4.69) is 26.2 Å². The smallest absolute Gasteiger partial charge is 0.410 e. The molecule has 26 heavy (non-hydrogen) atoms. The molecule has 1 saturated heterocycles. The third-order valence-electron chi connectivity index (χ3n) is 3.78. The third kappa shape index (κ3) is 4.64. The SMILES string of the molecule is CC(C)(C)OC(=O)N1CCN(C(=O)Nc2nc3ccc(Br)cc3s2)CC1. The standard InChI is InChI=1S/C17H21BrN4O3S/c1-17(2,3)25-16(24)22-8-6-21(7-9-22)15(23)20-14-19-12-5-4-11(18)10-13(12)26-14/h4-5,10H,6-9H2,1-3H3,(H,19,20,23). The summed E-state index contributed by atoms with van der Waals surface area (Å²) >= 11 is 4.86. The van der Waals surface area contributed by atoms with Crippen LogP contribution in [-0.2, 0) is 4.74 Å². The topological polar surface area (TPSA) is 74.8 Å². The van der Waals surface area contributed by atoms with Crippen molar-refractivity contribution >= 4 is 54.7 Å². The number of rotatable bonds is 1. The summed E-state index contributed by atoms with van der Waals surface area (Å²) in [4.78, 5) is 32.3. The van der Waals surface area contributed by atoms with E-state index in [9.17, 15) is 9.59 Å². The molecule has 1 fully saturated rings. The number of ether oxygens (including phenoxy) is 1. The number of halogens is 1. The molecule has 0 bridgehead atoms. The average Bonchev–Trinajstić information content (AvgIpc) is 2.94. The Bertz CT molecular complexity index is 825. The van der Waals surface area contributed by atoms with Gasteiger partial charge in [0, 0.05) is 30.7 Å². The van der Waals surface area contributed by atoms with Crippen LogP contribution in [0.5, 0.6) is 0 Å². The number of hydrogen-bond donors (Lipinski definition) is 1. The number of aromatic nitrogens is 1. The van der Waals surface area contributed by atoms with Crippen LogP contribution in [0.4, 0.5) is 14.7 Å². The lowest BCUT2D eigenvalue weighted by molar-refractivity contribution is 0.0174. The monoisotopic (exact) mass is 440 g/mol. The second-order valence-corrected chi connectivity index (χ2v) is 8.96. The number of anilines is 1. The zero-order valence-electron chi connectivity index (χ0n) is 14.9. The largest absolute Gasteiger partial charge is 0.444 e. The average molecular weight is 441 g/mol. The molecule has 0 unspecified atom stereocenters. The van der Waals surface area contributed by atoms with Crippen molar-refractivity contribution in [3.8, 4) is 0 Å². The first-order valence-corrected chi connectivity index (χ1v) is 9.92. The van der Waals surface area contributed by atoms with E-state index in [-0.39, 0.29) is 12.1 Å². The normalized spacial score (nSPS) is 15.2.